The van der Waals surface area contributed by atoms with Crippen molar-refractivity contribution in [2.75, 3.05) is 0 Å². The minimum Gasteiger partial charge on any atom is -0.333 e. The van der Waals surface area contributed by atoms with Gasteiger partial charge in [-0.25, -0.2) is 0 Å². The van der Waals surface area contributed by atoms with Crippen LogP contribution < -0.4 is 5.32 Å². The molecule has 0 atom stereocenters. The van der Waals surface area contributed by atoms with Crippen molar-refractivity contribution >= 4 is 17.4 Å². The van der Waals surface area contributed by atoms with Crippen molar-refractivity contribution < 1.29 is 4.79 Å². The highest BCUT2D eigenvalue weighted by atomic mass is 32.1. The van der Waals surface area contributed by atoms with Crippen molar-refractivity contribution in [2.45, 2.75) is 45.6 Å². The molecule has 1 aromatic heterocycles. The molecule has 17 heavy (non-hydrogen) atoms. The SMILES string of the molecule is CC(C)(C#N)NC(=O)c1snnc1C(C)(C)C. The zero-order chi connectivity index (χ0) is 13.3. The summed E-state index contributed by atoms with van der Waals surface area (Å²) in [4.78, 5) is 12.5. The molecule has 0 fully saturated rings. The first kappa shape index (κ1) is 13.6. The first-order valence-electron chi connectivity index (χ1n) is 5.24. The summed E-state index contributed by atoms with van der Waals surface area (Å²) in [5.74, 6) is -0.295. The maximum Gasteiger partial charge on any atom is 0.266 e. The van der Waals surface area contributed by atoms with E-state index in [1.807, 2.05) is 26.8 Å². The summed E-state index contributed by atoms with van der Waals surface area (Å²) < 4.78 is 3.81. The summed E-state index contributed by atoms with van der Waals surface area (Å²) in [7, 11) is 0. The van der Waals surface area contributed by atoms with Gasteiger partial charge in [-0.15, -0.1) is 5.10 Å². The highest BCUT2D eigenvalue weighted by molar-refractivity contribution is 7.08. The van der Waals surface area contributed by atoms with Gasteiger partial charge in [-0.05, 0) is 25.4 Å². The van der Waals surface area contributed by atoms with Crippen molar-refractivity contribution in [1.29, 1.82) is 5.26 Å². The maximum absolute atomic E-state index is 12.0. The smallest absolute Gasteiger partial charge is 0.266 e. The second-order valence-corrected chi connectivity index (χ2v) is 6.15. The lowest BCUT2D eigenvalue weighted by molar-refractivity contribution is 0.0931. The van der Waals surface area contributed by atoms with Crippen LogP contribution in [0.3, 0.4) is 0 Å². The standard InChI is InChI=1S/C11H16N4OS/c1-10(2,3)8-7(17-15-14-8)9(16)13-11(4,5)6-12/h1-5H3,(H,13,16). The lowest BCUT2D eigenvalue weighted by atomic mass is 9.91. The molecular weight excluding hydrogens is 236 g/mol. The Morgan fingerprint density at radius 2 is 1.94 bits per heavy atom. The van der Waals surface area contributed by atoms with Gasteiger partial charge in [0.15, 0.2) is 0 Å². The fourth-order valence-electron chi connectivity index (χ4n) is 1.20. The fraction of sp³-hybridized carbons (Fsp3) is 0.636. The largest absolute Gasteiger partial charge is 0.333 e. The lowest BCUT2D eigenvalue weighted by Gasteiger charge is -2.19. The molecule has 1 N–H and O–H groups in total. The van der Waals surface area contributed by atoms with Gasteiger partial charge in [0.25, 0.3) is 5.91 Å². The van der Waals surface area contributed by atoms with E-state index >= 15 is 0 Å². The Morgan fingerprint density at radius 3 is 2.41 bits per heavy atom. The van der Waals surface area contributed by atoms with Gasteiger partial charge < -0.3 is 5.32 Å². The highest BCUT2D eigenvalue weighted by Crippen LogP contribution is 2.25. The number of nitrogens with one attached hydrogen (secondary N) is 1. The van der Waals surface area contributed by atoms with Gasteiger partial charge in [-0.1, -0.05) is 25.3 Å². The third-order valence-corrected chi connectivity index (χ3v) is 2.83. The second-order valence-electron chi connectivity index (χ2n) is 5.39. The minimum atomic E-state index is -0.893. The van der Waals surface area contributed by atoms with E-state index in [0.29, 0.717) is 10.6 Å². The number of nitrogens with zero attached hydrogens (tertiary/aromatic N) is 3. The number of hydrogen-bond donors (Lipinski definition) is 1. The summed E-state index contributed by atoms with van der Waals surface area (Å²) in [6.45, 7) is 9.20. The molecular formula is C11H16N4OS. The minimum absolute atomic E-state index is 0.240. The van der Waals surface area contributed by atoms with Crippen LogP contribution in [0.25, 0.3) is 0 Å². The van der Waals surface area contributed by atoms with E-state index < -0.39 is 5.54 Å². The third kappa shape index (κ3) is 3.24. The van der Waals surface area contributed by atoms with Crippen LogP contribution >= 0.6 is 11.5 Å². The van der Waals surface area contributed by atoms with Gasteiger partial charge in [0.05, 0.1) is 11.8 Å². The summed E-state index contributed by atoms with van der Waals surface area (Å²) in [5, 5.41) is 15.5. The van der Waals surface area contributed by atoms with Crippen LogP contribution in [0.1, 0.15) is 50.0 Å². The number of hydrogen-bond acceptors (Lipinski definition) is 5. The van der Waals surface area contributed by atoms with E-state index in [0.717, 1.165) is 11.5 Å². The number of aromatic nitrogens is 2. The van der Waals surface area contributed by atoms with Crippen LogP contribution in [0.2, 0.25) is 0 Å². The van der Waals surface area contributed by atoms with E-state index in [4.69, 9.17) is 5.26 Å². The second kappa shape index (κ2) is 4.41. The molecule has 0 aliphatic rings. The quantitative estimate of drug-likeness (QED) is 0.871. The van der Waals surface area contributed by atoms with Crippen molar-refractivity contribution in [1.82, 2.24) is 14.9 Å². The van der Waals surface area contributed by atoms with Gasteiger partial charge in [0.1, 0.15) is 10.4 Å². The topological polar surface area (TPSA) is 78.7 Å². The van der Waals surface area contributed by atoms with Gasteiger partial charge >= 0.3 is 0 Å². The van der Waals surface area contributed by atoms with E-state index in [1.165, 1.54) is 0 Å². The van der Waals surface area contributed by atoms with Crippen molar-refractivity contribution in [3.8, 4) is 6.07 Å². The Balaban J connectivity index is 3.00. The lowest BCUT2D eigenvalue weighted by Crippen LogP contribution is -2.42. The molecule has 0 spiro atoms. The number of nitriles is 1. The maximum atomic E-state index is 12.0. The van der Waals surface area contributed by atoms with Gasteiger partial charge in [0.2, 0.25) is 0 Å². The first-order valence-corrected chi connectivity index (χ1v) is 6.01. The fourth-order valence-corrected chi connectivity index (χ4v) is 1.97. The normalized spacial score (nSPS) is 12.0. The molecule has 0 saturated heterocycles. The first-order chi connectivity index (χ1) is 7.67. The third-order valence-electron chi connectivity index (χ3n) is 2.11. The number of amides is 1. The average Bonchev–Trinajstić information content (AvgIpc) is 2.64. The zero-order valence-electron chi connectivity index (χ0n) is 10.7. The van der Waals surface area contributed by atoms with Gasteiger partial charge in [-0.2, -0.15) is 5.26 Å². The van der Waals surface area contributed by atoms with E-state index in [-0.39, 0.29) is 11.3 Å². The Labute approximate surface area is 105 Å². The van der Waals surface area contributed by atoms with E-state index in [9.17, 15) is 4.79 Å². The molecule has 0 saturated carbocycles. The van der Waals surface area contributed by atoms with Crippen molar-refractivity contribution in [3.05, 3.63) is 10.6 Å². The van der Waals surface area contributed by atoms with Crippen molar-refractivity contribution in [2.24, 2.45) is 0 Å². The summed E-state index contributed by atoms with van der Waals surface area (Å²) in [6, 6.07) is 2.02. The highest BCUT2D eigenvalue weighted by Gasteiger charge is 2.29. The Bertz CT molecular complexity index is 465. The van der Waals surface area contributed by atoms with Crippen LogP contribution in [0, 0.1) is 11.3 Å². The van der Waals surface area contributed by atoms with Crippen LogP contribution in [0.15, 0.2) is 0 Å². The molecule has 0 unspecified atom stereocenters. The molecule has 5 nitrogen and oxygen atoms in total. The van der Waals surface area contributed by atoms with Crippen molar-refractivity contribution in [3.63, 3.8) is 0 Å². The van der Waals surface area contributed by atoms with Gasteiger partial charge in [-0.3, -0.25) is 4.79 Å². The number of carbonyl (C=O) groups is 1. The monoisotopic (exact) mass is 252 g/mol. The predicted octanol–water partition coefficient (Wildman–Crippen LogP) is 1.87. The number of rotatable bonds is 2. The Kier molecular flexibility index (Phi) is 3.53. The van der Waals surface area contributed by atoms with Crippen LogP contribution in [0.5, 0.6) is 0 Å². The van der Waals surface area contributed by atoms with Gasteiger partial charge in [0, 0.05) is 5.41 Å². The molecule has 0 radical (unpaired) electrons. The molecule has 92 valence electrons. The van der Waals surface area contributed by atoms with E-state index in [2.05, 4.69) is 14.9 Å². The average molecular weight is 252 g/mol. The van der Waals surface area contributed by atoms with E-state index in [1.54, 1.807) is 13.8 Å². The molecule has 0 aromatic carbocycles. The molecule has 0 aliphatic heterocycles. The summed E-state index contributed by atoms with van der Waals surface area (Å²) in [6.07, 6.45) is 0. The Hall–Kier alpha value is -1.48. The summed E-state index contributed by atoms with van der Waals surface area (Å²) in [5.41, 5.74) is -0.471. The van der Waals surface area contributed by atoms with Crippen LogP contribution in [0.4, 0.5) is 0 Å². The molecule has 0 aliphatic carbocycles. The van der Waals surface area contributed by atoms with Crippen LogP contribution in [-0.2, 0) is 5.41 Å². The molecule has 1 heterocycles. The Morgan fingerprint density at radius 1 is 1.35 bits per heavy atom. The molecule has 6 heteroatoms. The summed E-state index contributed by atoms with van der Waals surface area (Å²) >= 11 is 1.05. The molecule has 1 amide bonds. The molecule has 1 aromatic rings. The number of carbonyl (C=O) groups excluding carboxylic acids is 1. The zero-order valence-corrected chi connectivity index (χ0v) is 11.5. The predicted molar refractivity (Wildman–Crippen MR) is 65.8 cm³/mol. The molecule has 1 rings (SSSR count). The molecule has 0 bridgehead atoms. The van der Waals surface area contributed by atoms with Crippen LogP contribution in [-0.4, -0.2) is 21.0 Å².